The average Bonchev–Trinajstić information content (AvgIpc) is 2.99. The smallest absolute Gasteiger partial charge is 0.275 e. The molecule has 2 aromatic carbocycles. The van der Waals surface area contributed by atoms with Gasteiger partial charge in [-0.05, 0) is 61.9 Å². The van der Waals surface area contributed by atoms with Crippen molar-refractivity contribution in [3.05, 3.63) is 64.3 Å². The van der Waals surface area contributed by atoms with E-state index in [1.165, 1.54) is 0 Å². The van der Waals surface area contributed by atoms with E-state index in [2.05, 4.69) is 10.3 Å². The zero-order valence-electron chi connectivity index (χ0n) is 14.6. The molecule has 2 aromatic rings. The molecule has 0 aromatic heterocycles. The summed E-state index contributed by atoms with van der Waals surface area (Å²) in [5.41, 5.74) is 1.94. The van der Waals surface area contributed by atoms with Crippen LogP contribution in [0.5, 0.6) is 11.5 Å². The van der Waals surface area contributed by atoms with Crippen molar-refractivity contribution in [2.45, 2.75) is 13.8 Å². The van der Waals surface area contributed by atoms with Crippen LogP contribution in [0.15, 0.2) is 53.2 Å². The molecule has 1 N–H and O–H groups in total. The first-order valence-electron chi connectivity index (χ1n) is 8.38. The molecule has 1 aliphatic rings. The molecule has 1 aliphatic heterocycles. The van der Waals surface area contributed by atoms with E-state index in [0.717, 1.165) is 11.1 Å². The number of amidine groups is 1. The number of halogens is 1. The van der Waals surface area contributed by atoms with Gasteiger partial charge in [0.25, 0.3) is 5.91 Å². The van der Waals surface area contributed by atoms with E-state index in [1.807, 2.05) is 44.2 Å². The average molecular weight is 371 g/mol. The summed E-state index contributed by atoms with van der Waals surface area (Å²) in [6.45, 7) is 4.91. The molecule has 134 valence electrons. The predicted molar refractivity (Wildman–Crippen MR) is 103 cm³/mol. The summed E-state index contributed by atoms with van der Waals surface area (Å²) in [7, 11) is 0. The fourth-order valence-electron chi connectivity index (χ4n) is 2.53. The highest BCUT2D eigenvalue weighted by molar-refractivity contribution is 6.30. The summed E-state index contributed by atoms with van der Waals surface area (Å²) in [6, 6.07) is 12.7. The second-order valence-electron chi connectivity index (χ2n) is 5.52. The Kier molecular flexibility index (Phi) is 5.58. The van der Waals surface area contributed by atoms with Gasteiger partial charge < -0.3 is 14.8 Å². The zero-order valence-corrected chi connectivity index (χ0v) is 15.3. The number of nitrogens with zero attached hydrogens (tertiary/aromatic N) is 1. The fraction of sp³-hybridized carbons (Fsp3) is 0.200. The number of hydrogen-bond acceptors (Lipinski definition) is 4. The normalized spacial score (nSPS) is 15.0. The largest absolute Gasteiger partial charge is 0.490 e. The van der Waals surface area contributed by atoms with Gasteiger partial charge >= 0.3 is 0 Å². The van der Waals surface area contributed by atoms with E-state index < -0.39 is 0 Å². The molecule has 0 bridgehead atoms. The molecule has 0 saturated carbocycles. The molecule has 0 spiro atoms. The van der Waals surface area contributed by atoms with Gasteiger partial charge in [0.1, 0.15) is 11.5 Å². The molecule has 5 nitrogen and oxygen atoms in total. The molecule has 1 amide bonds. The Morgan fingerprint density at radius 3 is 2.42 bits per heavy atom. The van der Waals surface area contributed by atoms with Crippen molar-refractivity contribution < 1.29 is 14.3 Å². The second kappa shape index (κ2) is 8.06. The topological polar surface area (TPSA) is 59.9 Å². The van der Waals surface area contributed by atoms with Crippen LogP contribution >= 0.6 is 11.6 Å². The number of hydrogen-bond donors (Lipinski definition) is 1. The molecular formula is C20H19ClN2O3. The number of nitrogens with one attached hydrogen (secondary N) is 1. The highest BCUT2D eigenvalue weighted by Crippen LogP contribution is 2.29. The van der Waals surface area contributed by atoms with Gasteiger partial charge in [-0.2, -0.15) is 0 Å². The van der Waals surface area contributed by atoms with Crippen LogP contribution in [-0.4, -0.2) is 25.0 Å². The van der Waals surface area contributed by atoms with Crippen LogP contribution in [0.2, 0.25) is 5.02 Å². The quantitative estimate of drug-likeness (QED) is 0.780. The van der Waals surface area contributed by atoms with Crippen molar-refractivity contribution in [3.8, 4) is 11.5 Å². The minimum atomic E-state index is -0.248. The fourth-order valence-corrected chi connectivity index (χ4v) is 2.65. The van der Waals surface area contributed by atoms with Crippen LogP contribution in [0.25, 0.3) is 6.08 Å². The summed E-state index contributed by atoms with van der Waals surface area (Å²) in [5.74, 6) is 1.58. The highest BCUT2D eigenvalue weighted by atomic mass is 35.5. The van der Waals surface area contributed by atoms with Crippen molar-refractivity contribution >= 4 is 29.4 Å². The lowest BCUT2D eigenvalue weighted by Gasteiger charge is -2.11. The minimum Gasteiger partial charge on any atom is -0.490 e. The summed E-state index contributed by atoms with van der Waals surface area (Å²) in [5, 5.41) is 3.41. The zero-order chi connectivity index (χ0) is 18.5. The van der Waals surface area contributed by atoms with E-state index in [1.54, 1.807) is 18.2 Å². The summed E-state index contributed by atoms with van der Waals surface area (Å²) < 4.78 is 11.2. The molecule has 0 unspecified atom stereocenters. The lowest BCUT2D eigenvalue weighted by Crippen LogP contribution is -2.24. The maximum atomic E-state index is 12.2. The van der Waals surface area contributed by atoms with Crippen molar-refractivity contribution in [2.24, 2.45) is 4.99 Å². The van der Waals surface area contributed by atoms with Gasteiger partial charge in [-0.1, -0.05) is 17.7 Å². The van der Waals surface area contributed by atoms with E-state index >= 15 is 0 Å². The Morgan fingerprint density at radius 2 is 1.73 bits per heavy atom. The minimum absolute atomic E-state index is 0.248. The van der Waals surface area contributed by atoms with Gasteiger partial charge in [-0.15, -0.1) is 0 Å². The number of rotatable bonds is 6. The second-order valence-corrected chi connectivity index (χ2v) is 5.96. The van der Waals surface area contributed by atoms with Gasteiger partial charge in [-0.3, -0.25) is 4.79 Å². The number of aliphatic imine (C=N–C) groups is 1. The molecule has 0 atom stereocenters. The molecule has 0 saturated heterocycles. The van der Waals surface area contributed by atoms with Crippen LogP contribution in [-0.2, 0) is 4.79 Å². The van der Waals surface area contributed by atoms with Gasteiger partial charge in [-0.25, -0.2) is 4.99 Å². The monoisotopic (exact) mass is 370 g/mol. The Bertz CT molecular complexity index is 873. The maximum Gasteiger partial charge on any atom is 0.275 e. The molecule has 1 heterocycles. The third-order valence-corrected chi connectivity index (χ3v) is 3.94. The SMILES string of the molecule is CCOc1ccc(C=C2N=C(c3ccc(Cl)cc3)NC2=O)cc1OCC. The Hall–Kier alpha value is -2.79. The van der Waals surface area contributed by atoms with Crippen molar-refractivity contribution in [1.82, 2.24) is 5.32 Å². The van der Waals surface area contributed by atoms with Gasteiger partial charge in [0.05, 0.1) is 13.2 Å². The molecule has 26 heavy (non-hydrogen) atoms. The van der Waals surface area contributed by atoms with Gasteiger partial charge in [0, 0.05) is 10.6 Å². The van der Waals surface area contributed by atoms with Crippen molar-refractivity contribution in [2.75, 3.05) is 13.2 Å². The maximum absolute atomic E-state index is 12.2. The lowest BCUT2D eigenvalue weighted by molar-refractivity contribution is -0.115. The molecule has 0 aliphatic carbocycles. The molecule has 3 rings (SSSR count). The van der Waals surface area contributed by atoms with Gasteiger partial charge in [0.2, 0.25) is 0 Å². The van der Waals surface area contributed by atoms with E-state index in [0.29, 0.717) is 41.3 Å². The third-order valence-electron chi connectivity index (χ3n) is 3.69. The summed E-state index contributed by atoms with van der Waals surface area (Å²) >= 11 is 5.90. The highest BCUT2D eigenvalue weighted by Gasteiger charge is 2.21. The summed E-state index contributed by atoms with van der Waals surface area (Å²) in [6.07, 6.45) is 1.72. The third kappa shape index (κ3) is 4.06. The number of carbonyl (C=O) groups excluding carboxylic acids is 1. The standard InChI is InChI=1S/C20H19ClN2O3/c1-3-25-17-10-5-13(12-18(17)26-4-2)11-16-20(24)23-19(22-16)14-6-8-15(21)9-7-14/h5-12H,3-4H2,1-2H3,(H,22,23,24). The predicted octanol–water partition coefficient (Wildman–Crippen LogP) is 4.05. The number of benzene rings is 2. The first-order valence-corrected chi connectivity index (χ1v) is 8.75. The van der Waals surface area contributed by atoms with Crippen LogP contribution in [0, 0.1) is 0 Å². The Labute approximate surface area is 157 Å². The first kappa shape index (κ1) is 18.0. The van der Waals surface area contributed by atoms with Crippen LogP contribution in [0.1, 0.15) is 25.0 Å². The summed E-state index contributed by atoms with van der Waals surface area (Å²) in [4.78, 5) is 16.6. The van der Waals surface area contributed by atoms with Crippen LogP contribution < -0.4 is 14.8 Å². The molecular weight excluding hydrogens is 352 g/mol. The van der Waals surface area contributed by atoms with Crippen LogP contribution in [0.4, 0.5) is 0 Å². The van der Waals surface area contributed by atoms with E-state index in [4.69, 9.17) is 21.1 Å². The van der Waals surface area contributed by atoms with Crippen molar-refractivity contribution in [1.29, 1.82) is 0 Å². The number of carbonyl (C=O) groups is 1. The van der Waals surface area contributed by atoms with Crippen LogP contribution in [0.3, 0.4) is 0 Å². The van der Waals surface area contributed by atoms with Crippen molar-refractivity contribution in [3.63, 3.8) is 0 Å². The number of ether oxygens (including phenoxy) is 2. The Morgan fingerprint density at radius 1 is 1.04 bits per heavy atom. The molecule has 0 radical (unpaired) electrons. The lowest BCUT2D eigenvalue weighted by atomic mass is 10.1. The number of amides is 1. The van der Waals surface area contributed by atoms with E-state index in [-0.39, 0.29) is 5.91 Å². The van der Waals surface area contributed by atoms with E-state index in [9.17, 15) is 4.79 Å². The molecule has 0 fully saturated rings. The first-order chi connectivity index (χ1) is 12.6. The van der Waals surface area contributed by atoms with Gasteiger partial charge in [0.15, 0.2) is 11.5 Å². The Balaban J connectivity index is 1.90. The molecule has 6 heteroatoms.